The molecule has 6 heteroatoms. The lowest BCUT2D eigenvalue weighted by Gasteiger charge is -2.17. The summed E-state index contributed by atoms with van der Waals surface area (Å²) >= 11 is 6.57. The van der Waals surface area contributed by atoms with Crippen molar-refractivity contribution in [3.63, 3.8) is 0 Å². The van der Waals surface area contributed by atoms with E-state index in [1.54, 1.807) is 36.2 Å². The number of halogens is 2. The third kappa shape index (κ3) is 3.19. The lowest BCUT2D eigenvalue weighted by Crippen LogP contribution is -2.26. The van der Waals surface area contributed by atoms with Crippen LogP contribution < -0.4 is 5.73 Å². The summed E-state index contributed by atoms with van der Waals surface area (Å²) in [6.45, 7) is 0.395. The summed E-state index contributed by atoms with van der Waals surface area (Å²) in [6.07, 6.45) is 0. The van der Waals surface area contributed by atoms with E-state index in [0.29, 0.717) is 32.7 Å². The number of nitrogens with zero attached hydrogens (tertiary/aromatic N) is 1. The molecule has 0 aliphatic rings. The average molecular weight is 388 g/mol. The van der Waals surface area contributed by atoms with Crippen molar-refractivity contribution in [2.45, 2.75) is 6.54 Å². The number of carbonyl (C=O) groups is 1. The van der Waals surface area contributed by atoms with Gasteiger partial charge in [0, 0.05) is 12.7 Å². The Morgan fingerprint density at radius 1 is 1.32 bits per heavy atom. The molecular formula is C13H12Br2N2O2. The molecule has 1 aromatic heterocycles. The average Bonchev–Trinajstić information content (AvgIpc) is 2.77. The largest absolute Gasteiger partial charge is 0.452 e. The molecule has 2 N–H and O–H groups in total. The summed E-state index contributed by atoms with van der Waals surface area (Å²) in [7, 11) is 1.72. The van der Waals surface area contributed by atoms with Gasteiger partial charge in [-0.3, -0.25) is 4.79 Å². The van der Waals surface area contributed by atoms with Gasteiger partial charge in [-0.25, -0.2) is 0 Å². The smallest absolute Gasteiger partial charge is 0.255 e. The fourth-order valence-electron chi connectivity index (χ4n) is 1.66. The molecular weight excluding hydrogens is 376 g/mol. The summed E-state index contributed by atoms with van der Waals surface area (Å²) < 4.78 is 6.65. The fourth-order valence-corrected chi connectivity index (χ4v) is 2.44. The van der Waals surface area contributed by atoms with Gasteiger partial charge in [-0.2, -0.15) is 0 Å². The van der Waals surface area contributed by atoms with E-state index in [-0.39, 0.29) is 5.91 Å². The van der Waals surface area contributed by atoms with E-state index in [1.165, 1.54) is 0 Å². The van der Waals surface area contributed by atoms with Gasteiger partial charge < -0.3 is 15.1 Å². The van der Waals surface area contributed by atoms with Crippen LogP contribution in [0.2, 0.25) is 0 Å². The number of furan rings is 1. The Labute approximate surface area is 127 Å². The molecule has 19 heavy (non-hydrogen) atoms. The molecule has 1 amide bonds. The number of nitrogens with two attached hydrogens (primary N) is 1. The molecule has 2 rings (SSSR count). The van der Waals surface area contributed by atoms with Gasteiger partial charge in [0.05, 0.1) is 16.6 Å². The molecule has 2 aromatic rings. The SMILES string of the molecule is CN(Cc1ccc(Br)o1)C(=O)c1cccc(N)c1Br. The highest BCUT2D eigenvalue weighted by Gasteiger charge is 2.17. The van der Waals surface area contributed by atoms with Crippen LogP contribution in [-0.2, 0) is 6.54 Å². The van der Waals surface area contributed by atoms with Crippen LogP contribution in [0, 0.1) is 0 Å². The highest BCUT2D eigenvalue weighted by atomic mass is 79.9. The molecule has 0 saturated heterocycles. The molecule has 100 valence electrons. The van der Waals surface area contributed by atoms with Crippen LogP contribution in [-0.4, -0.2) is 17.9 Å². The zero-order valence-corrected chi connectivity index (χ0v) is 13.4. The molecule has 1 aromatic carbocycles. The quantitative estimate of drug-likeness (QED) is 0.817. The van der Waals surface area contributed by atoms with E-state index in [9.17, 15) is 4.79 Å². The van der Waals surface area contributed by atoms with Crippen LogP contribution in [0.4, 0.5) is 5.69 Å². The van der Waals surface area contributed by atoms with Crippen LogP contribution in [0.25, 0.3) is 0 Å². The maximum atomic E-state index is 12.3. The van der Waals surface area contributed by atoms with Crippen LogP contribution in [0.5, 0.6) is 0 Å². The standard InChI is InChI=1S/C13H12Br2N2O2/c1-17(7-8-5-6-11(14)19-8)13(18)9-3-2-4-10(16)12(9)15/h2-6H,7,16H2,1H3. The summed E-state index contributed by atoms with van der Waals surface area (Å²) in [6, 6.07) is 8.85. The monoisotopic (exact) mass is 386 g/mol. The van der Waals surface area contributed by atoms with E-state index in [0.717, 1.165) is 0 Å². The molecule has 0 unspecified atom stereocenters. The Balaban J connectivity index is 2.17. The van der Waals surface area contributed by atoms with E-state index in [4.69, 9.17) is 10.2 Å². The second-order valence-electron chi connectivity index (χ2n) is 4.08. The first-order chi connectivity index (χ1) is 8.99. The molecule has 0 bridgehead atoms. The number of hydrogen-bond donors (Lipinski definition) is 1. The van der Waals surface area contributed by atoms with E-state index >= 15 is 0 Å². The topological polar surface area (TPSA) is 59.5 Å². The van der Waals surface area contributed by atoms with Gasteiger partial charge in [-0.15, -0.1) is 0 Å². The Morgan fingerprint density at radius 3 is 2.68 bits per heavy atom. The van der Waals surface area contributed by atoms with Gasteiger partial charge in [0.15, 0.2) is 4.67 Å². The molecule has 0 saturated carbocycles. The number of benzene rings is 1. The number of rotatable bonds is 3. The first-order valence-electron chi connectivity index (χ1n) is 5.52. The second-order valence-corrected chi connectivity index (χ2v) is 5.65. The van der Waals surface area contributed by atoms with Crippen LogP contribution in [0.3, 0.4) is 0 Å². The van der Waals surface area contributed by atoms with Crippen molar-refractivity contribution in [2.24, 2.45) is 0 Å². The maximum absolute atomic E-state index is 12.3. The van der Waals surface area contributed by atoms with Crippen molar-refractivity contribution in [1.82, 2.24) is 4.90 Å². The summed E-state index contributed by atoms with van der Waals surface area (Å²) in [5.41, 5.74) is 6.85. The third-order valence-electron chi connectivity index (χ3n) is 2.63. The van der Waals surface area contributed by atoms with Gasteiger partial charge in [0.1, 0.15) is 5.76 Å². The Bertz CT molecular complexity index is 610. The van der Waals surface area contributed by atoms with E-state index in [1.807, 2.05) is 6.07 Å². The fraction of sp³-hybridized carbons (Fsp3) is 0.154. The van der Waals surface area contributed by atoms with Crippen molar-refractivity contribution >= 4 is 43.5 Å². The van der Waals surface area contributed by atoms with Gasteiger partial charge in [-0.05, 0) is 56.1 Å². The minimum Gasteiger partial charge on any atom is -0.452 e. The third-order valence-corrected chi connectivity index (χ3v) is 3.94. The molecule has 0 radical (unpaired) electrons. The lowest BCUT2D eigenvalue weighted by molar-refractivity contribution is 0.0774. The van der Waals surface area contributed by atoms with Crippen molar-refractivity contribution in [1.29, 1.82) is 0 Å². The van der Waals surface area contributed by atoms with Crippen LogP contribution in [0.15, 0.2) is 43.9 Å². The number of hydrogen-bond acceptors (Lipinski definition) is 3. The summed E-state index contributed by atoms with van der Waals surface area (Å²) in [5.74, 6) is 0.592. The van der Waals surface area contributed by atoms with Gasteiger partial charge in [-0.1, -0.05) is 6.07 Å². The molecule has 0 atom stereocenters. The van der Waals surface area contributed by atoms with Gasteiger partial charge >= 0.3 is 0 Å². The summed E-state index contributed by atoms with van der Waals surface area (Å²) in [4.78, 5) is 13.9. The number of nitrogen functional groups attached to an aromatic ring is 1. The van der Waals surface area contributed by atoms with E-state index in [2.05, 4.69) is 31.9 Å². The molecule has 0 spiro atoms. The zero-order chi connectivity index (χ0) is 14.0. The minimum atomic E-state index is -0.119. The number of anilines is 1. The van der Waals surface area contributed by atoms with Crippen molar-refractivity contribution in [3.05, 3.63) is 50.8 Å². The van der Waals surface area contributed by atoms with Gasteiger partial charge in [0.2, 0.25) is 0 Å². The molecule has 4 nitrogen and oxygen atoms in total. The lowest BCUT2D eigenvalue weighted by atomic mass is 10.2. The Hall–Kier alpha value is -1.27. The molecule has 0 aliphatic carbocycles. The highest BCUT2D eigenvalue weighted by Crippen LogP contribution is 2.25. The van der Waals surface area contributed by atoms with Crippen molar-refractivity contribution in [3.8, 4) is 0 Å². The minimum absolute atomic E-state index is 0.119. The predicted octanol–water partition coefficient (Wildman–Crippen LogP) is 3.66. The predicted molar refractivity (Wildman–Crippen MR) is 80.8 cm³/mol. The normalized spacial score (nSPS) is 10.5. The van der Waals surface area contributed by atoms with Gasteiger partial charge in [0.25, 0.3) is 5.91 Å². The first-order valence-corrected chi connectivity index (χ1v) is 7.11. The first kappa shape index (κ1) is 14.1. The zero-order valence-electron chi connectivity index (χ0n) is 10.2. The molecule has 1 heterocycles. The molecule has 0 aliphatic heterocycles. The van der Waals surface area contributed by atoms with Crippen molar-refractivity contribution in [2.75, 3.05) is 12.8 Å². The highest BCUT2D eigenvalue weighted by molar-refractivity contribution is 9.10. The second kappa shape index (κ2) is 5.79. The number of carbonyl (C=O) groups excluding carboxylic acids is 1. The maximum Gasteiger partial charge on any atom is 0.255 e. The van der Waals surface area contributed by atoms with Crippen LogP contribution in [0.1, 0.15) is 16.1 Å². The van der Waals surface area contributed by atoms with Crippen LogP contribution >= 0.6 is 31.9 Å². The molecule has 0 fully saturated rings. The number of amides is 1. The Morgan fingerprint density at radius 2 is 2.05 bits per heavy atom. The van der Waals surface area contributed by atoms with E-state index < -0.39 is 0 Å². The summed E-state index contributed by atoms with van der Waals surface area (Å²) in [5, 5.41) is 0. The van der Waals surface area contributed by atoms with Crippen molar-refractivity contribution < 1.29 is 9.21 Å². The Kier molecular flexibility index (Phi) is 4.31.